The Morgan fingerprint density at radius 2 is 2.00 bits per heavy atom. The van der Waals surface area contributed by atoms with Crippen LogP contribution in [0.1, 0.15) is 39.3 Å². The number of halogens is 1. The first-order valence-electron chi connectivity index (χ1n) is 7.52. The fraction of sp³-hybridized carbons (Fsp3) is 0.533. The largest absolute Gasteiger partial charge is 0.369 e. The van der Waals surface area contributed by atoms with Gasteiger partial charge in [0.15, 0.2) is 5.82 Å². The molecule has 0 saturated carbocycles. The summed E-state index contributed by atoms with van der Waals surface area (Å²) >= 11 is 2.33. The van der Waals surface area contributed by atoms with Crippen molar-refractivity contribution in [2.45, 2.75) is 46.6 Å². The van der Waals surface area contributed by atoms with Crippen molar-refractivity contribution in [1.29, 1.82) is 0 Å². The van der Waals surface area contributed by atoms with Gasteiger partial charge >= 0.3 is 0 Å². The average molecular weight is 399 g/mol. The lowest BCUT2D eigenvalue weighted by Crippen LogP contribution is -2.08. The molecule has 2 heterocycles. The fourth-order valence-corrected chi connectivity index (χ4v) is 2.86. The Kier molecular flexibility index (Phi) is 5.96. The first-order chi connectivity index (χ1) is 10.2. The molecular formula is C15H22IN5. The second-order valence-electron chi connectivity index (χ2n) is 4.93. The van der Waals surface area contributed by atoms with Gasteiger partial charge in [-0.25, -0.2) is 9.97 Å². The summed E-state index contributed by atoms with van der Waals surface area (Å²) in [6.45, 7) is 8.26. The van der Waals surface area contributed by atoms with Crippen LogP contribution in [-0.4, -0.2) is 26.3 Å². The molecule has 6 heteroatoms. The summed E-state index contributed by atoms with van der Waals surface area (Å²) in [6, 6.07) is 0. The Bertz CT molecular complexity index is 594. The molecule has 0 saturated heterocycles. The fourth-order valence-electron chi connectivity index (χ4n) is 2.05. The van der Waals surface area contributed by atoms with Crippen LogP contribution >= 0.6 is 22.6 Å². The summed E-state index contributed by atoms with van der Waals surface area (Å²) in [7, 11) is 0. The maximum Gasteiger partial charge on any atom is 0.165 e. The zero-order valence-electron chi connectivity index (χ0n) is 12.9. The van der Waals surface area contributed by atoms with Crippen LogP contribution in [-0.2, 0) is 13.0 Å². The van der Waals surface area contributed by atoms with Gasteiger partial charge in [-0.3, -0.25) is 4.68 Å². The summed E-state index contributed by atoms with van der Waals surface area (Å²) in [6.07, 6.45) is 6.91. The van der Waals surface area contributed by atoms with E-state index >= 15 is 0 Å². The molecule has 0 unspecified atom stereocenters. The van der Waals surface area contributed by atoms with Gasteiger partial charge in [0.2, 0.25) is 0 Å². The molecule has 0 fully saturated rings. The SMILES string of the molecule is CCCNc1nc(-c2cnn(CCC)c2)nc(CC)c1I. The lowest BCUT2D eigenvalue weighted by molar-refractivity contribution is 0.603. The van der Waals surface area contributed by atoms with E-state index in [2.05, 4.69) is 58.8 Å². The summed E-state index contributed by atoms with van der Waals surface area (Å²) in [4.78, 5) is 9.37. The van der Waals surface area contributed by atoms with Gasteiger partial charge in [0.05, 0.1) is 21.0 Å². The van der Waals surface area contributed by atoms with E-state index < -0.39 is 0 Å². The summed E-state index contributed by atoms with van der Waals surface area (Å²) in [5, 5.41) is 7.76. The molecule has 21 heavy (non-hydrogen) atoms. The summed E-state index contributed by atoms with van der Waals surface area (Å²) in [5.41, 5.74) is 2.07. The maximum atomic E-state index is 4.69. The predicted octanol–water partition coefficient (Wildman–Crippen LogP) is 3.74. The van der Waals surface area contributed by atoms with Crippen molar-refractivity contribution in [3.8, 4) is 11.4 Å². The van der Waals surface area contributed by atoms with Gasteiger partial charge in [-0.2, -0.15) is 5.10 Å². The zero-order valence-corrected chi connectivity index (χ0v) is 15.0. The first kappa shape index (κ1) is 16.2. The van der Waals surface area contributed by atoms with E-state index in [9.17, 15) is 0 Å². The molecule has 0 spiro atoms. The quantitative estimate of drug-likeness (QED) is 0.721. The zero-order chi connectivity index (χ0) is 15.2. The normalized spacial score (nSPS) is 10.9. The van der Waals surface area contributed by atoms with E-state index in [1.165, 1.54) is 0 Å². The van der Waals surface area contributed by atoms with Crippen LogP contribution in [0.5, 0.6) is 0 Å². The minimum Gasteiger partial charge on any atom is -0.369 e. The number of hydrogen-bond acceptors (Lipinski definition) is 4. The molecule has 0 bridgehead atoms. The molecular weight excluding hydrogens is 377 g/mol. The van der Waals surface area contributed by atoms with Crippen molar-refractivity contribution in [2.75, 3.05) is 11.9 Å². The number of rotatable bonds is 7. The number of nitrogens with one attached hydrogen (secondary N) is 1. The van der Waals surface area contributed by atoms with Crippen molar-refractivity contribution in [1.82, 2.24) is 19.7 Å². The molecule has 0 aliphatic rings. The highest BCUT2D eigenvalue weighted by atomic mass is 127. The highest BCUT2D eigenvalue weighted by molar-refractivity contribution is 14.1. The number of aromatic nitrogens is 4. The van der Waals surface area contributed by atoms with Crippen LogP contribution in [0, 0.1) is 3.57 Å². The van der Waals surface area contributed by atoms with E-state index in [0.717, 1.165) is 58.8 Å². The third-order valence-corrected chi connectivity index (χ3v) is 4.27. The molecule has 0 amide bonds. The van der Waals surface area contributed by atoms with Gasteiger partial charge in [0.1, 0.15) is 5.82 Å². The Balaban J connectivity index is 2.37. The van der Waals surface area contributed by atoms with Crippen molar-refractivity contribution in [3.05, 3.63) is 21.7 Å². The Labute approximate surface area is 139 Å². The third kappa shape index (κ3) is 3.93. The highest BCUT2D eigenvalue weighted by Gasteiger charge is 2.13. The van der Waals surface area contributed by atoms with Gasteiger partial charge in [0.25, 0.3) is 0 Å². The minimum atomic E-state index is 0.758. The molecule has 2 rings (SSSR count). The van der Waals surface area contributed by atoms with Crippen molar-refractivity contribution < 1.29 is 0 Å². The van der Waals surface area contributed by atoms with Gasteiger partial charge in [0, 0.05) is 19.3 Å². The van der Waals surface area contributed by atoms with Crippen LogP contribution in [0.25, 0.3) is 11.4 Å². The molecule has 2 aromatic rings. The van der Waals surface area contributed by atoms with E-state index in [1.807, 2.05) is 17.1 Å². The Hall–Kier alpha value is -1.18. The van der Waals surface area contributed by atoms with E-state index in [0.29, 0.717) is 0 Å². The molecule has 114 valence electrons. The molecule has 0 aliphatic heterocycles. The molecule has 0 atom stereocenters. The summed E-state index contributed by atoms with van der Waals surface area (Å²) in [5.74, 6) is 1.69. The Morgan fingerprint density at radius 1 is 1.19 bits per heavy atom. The van der Waals surface area contributed by atoms with E-state index in [-0.39, 0.29) is 0 Å². The number of hydrogen-bond donors (Lipinski definition) is 1. The lowest BCUT2D eigenvalue weighted by atomic mass is 10.2. The molecule has 0 aromatic carbocycles. The number of aryl methyl sites for hydroxylation is 2. The maximum absolute atomic E-state index is 4.69. The van der Waals surface area contributed by atoms with Gasteiger partial charge in [-0.05, 0) is 41.9 Å². The number of anilines is 1. The minimum absolute atomic E-state index is 0.758. The molecule has 1 N–H and O–H groups in total. The molecule has 0 radical (unpaired) electrons. The smallest absolute Gasteiger partial charge is 0.165 e. The van der Waals surface area contributed by atoms with Gasteiger partial charge in [-0.15, -0.1) is 0 Å². The van der Waals surface area contributed by atoms with Crippen LogP contribution in [0.3, 0.4) is 0 Å². The van der Waals surface area contributed by atoms with E-state index in [1.54, 1.807) is 0 Å². The first-order valence-corrected chi connectivity index (χ1v) is 8.60. The van der Waals surface area contributed by atoms with Crippen LogP contribution < -0.4 is 5.32 Å². The standard InChI is InChI=1S/C15H22IN5/c1-4-7-17-15-13(16)12(6-3)19-14(20-15)11-9-18-21(10-11)8-5-2/h9-10H,4-8H2,1-3H3,(H,17,19,20). The second kappa shape index (κ2) is 7.72. The third-order valence-electron chi connectivity index (χ3n) is 3.14. The average Bonchev–Trinajstić information content (AvgIpc) is 2.95. The topological polar surface area (TPSA) is 55.6 Å². The second-order valence-corrected chi connectivity index (χ2v) is 6.01. The van der Waals surface area contributed by atoms with Crippen LogP contribution in [0.15, 0.2) is 12.4 Å². The van der Waals surface area contributed by atoms with Crippen molar-refractivity contribution in [2.24, 2.45) is 0 Å². The lowest BCUT2D eigenvalue weighted by Gasteiger charge is -2.11. The van der Waals surface area contributed by atoms with Crippen LogP contribution in [0.4, 0.5) is 5.82 Å². The molecule has 2 aromatic heterocycles. The van der Waals surface area contributed by atoms with Gasteiger partial charge < -0.3 is 5.32 Å². The van der Waals surface area contributed by atoms with Crippen molar-refractivity contribution in [3.63, 3.8) is 0 Å². The van der Waals surface area contributed by atoms with Crippen molar-refractivity contribution >= 4 is 28.4 Å². The molecule has 0 aliphatic carbocycles. The number of nitrogens with zero attached hydrogens (tertiary/aromatic N) is 4. The Morgan fingerprint density at radius 3 is 2.67 bits per heavy atom. The van der Waals surface area contributed by atoms with E-state index in [4.69, 9.17) is 4.98 Å². The summed E-state index contributed by atoms with van der Waals surface area (Å²) < 4.78 is 3.06. The van der Waals surface area contributed by atoms with Crippen LogP contribution in [0.2, 0.25) is 0 Å². The predicted molar refractivity (Wildman–Crippen MR) is 94.4 cm³/mol. The highest BCUT2D eigenvalue weighted by Crippen LogP contribution is 2.24. The van der Waals surface area contributed by atoms with Gasteiger partial charge in [-0.1, -0.05) is 20.8 Å². The monoisotopic (exact) mass is 399 g/mol. The molecule has 5 nitrogen and oxygen atoms in total.